The van der Waals surface area contributed by atoms with Crippen molar-refractivity contribution < 1.29 is 14.6 Å². The van der Waals surface area contributed by atoms with Crippen LogP contribution in [0.3, 0.4) is 0 Å². The second kappa shape index (κ2) is 6.70. The molecule has 0 radical (unpaired) electrons. The highest BCUT2D eigenvalue weighted by Crippen LogP contribution is 2.23. The van der Waals surface area contributed by atoms with Crippen LogP contribution in [-0.2, 0) is 0 Å². The van der Waals surface area contributed by atoms with E-state index in [4.69, 9.17) is 4.74 Å². The number of para-hydroxylation sites is 1. The number of aromatic amines is 1. The first-order valence-electron chi connectivity index (χ1n) is 7.18. The van der Waals surface area contributed by atoms with Crippen molar-refractivity contribution >= 4 is 11.6 Å². The van der Waals surface area contributed by atoms with Gasteiger partial charge in [-0.15, -0.1) is 0 Å². The Kier molecular flexibility index (Phi) is 4.29. The molecule has 6 heteroatoms. The van der Waals surface area contributed by atoms with Crippen LogP contribution in [0.5, 0.6) is 17.2 Å². The number of ether oxygens (including phenoxy) is 1. The van der Waals surface area contributed by atoms with Crippen molar-refractivity contribution in [3.8, 4) is 17.2 Å². The first-order chi connectivity index (χ1) is 11.6. The van der Waals surface area contributed by atoms with Crippen LogP contribution in [0.25, 0.3) is 0 Å². The van der Waals surface area contributed by atoms with E-state index in [1.54, 1.807) is 24.3 Å². The van der Waals surface area contributed by atoms with Gasteiger partial charge in [0.15, 0.2) is 0 Å². The van der Waals surface area contributed by atoms with E-state index in [9.17, 15) is 14.7 Å². The Morgan fingerprint density at radius 3 is 2.33 bits per heavy atom. The number of H-pyrrole nitrogens is 1. The maximum atomic E-state index is 12.1. The fourth-order valence-electron chi connectivity index (χ4n) is 2.07. The topological polar surface area (TPSA) is 91.4 Å². The van der Waals surface area contributed by atoms with Gasteiger partial charge in [0.25, 0.3) is 11.5 Å². The smallest absolute Gasteiger partial charge is 0.260 e. The normalized spacial score (nSPS) is 10.2. The summed E-state index contributed by atoms with van der Waals surface area (Å²) in [7, 11) is 0. The van der Waals surface area contributed by atoms with Crippen LogP contribution in [0.4, 0.5) is 5.69 Å². The van der Waals surface area contributed by atoms with Crippen LogP contribution in [0.1, 0.15) is 10.4 Å². The summed E-state index contributed by atoms with van der Waals surface area (Å²) in [6, 6.07) is 17.1. The molecule has 0 bridgehead atoms. The predicted molar refractivity (Wildman–Crippen MR) is 89.6 cm³/mol. The molecule has 0 spiro atoms. The molecule has 0 aliphatic heterocycles. The molecule has 0 saturated carbocycles. The van der Waals surface area contributed by atoms with Crippen molar-refractivity contribution in [1.82, 2.24) is 4.98 Å². The molecule has 0 unspecified atom stereocenters. The summed E-state index contributed by atoms with van der Waals surface area (Å²) in [5.41, 5.74) is 0.0386. The number of anilines is 1. The number of hydrogen-bond acceptors (Lipinski definition) is 4. The molecule has 0 saturated heterocycles. The maximum Gasteiger partial charge on any atom is 0.260 e. The lowest BCUT2D eigenvalue weighted by Gasteiger charge is -2.08. The van der Waals surface area contributed by atoms with E-state index in [2.05, 4.69) is 10.3 Å². The van der Waals surface area contributed by atoms with Crippen LogP contribution < -0.4 is 15.6 Å². The standard InChI is InChI=1S/C18H14N2O4/c21-16-10-17(22)19-11-15(16)18(23)20-12-6-8-14(9-7-12)24-13-4-2-1-3-5-13/h1-11H,(H,20,23)(H2,19,21,22). The monoisotopic (exact) mass is 322 g/mol. The van der Waals surface area contributed by atoms with Gasteiger partial charge in [0.2, 0.25) is 0 Å². The second-order valence-electron chi connectivity index (χ2n) is 4.99. The Morgan fingerprint density at radius 1 is 1.00 bits per heavy atom. The molecule has 1 heterocycles. The van der Waals surface area contributed by atoms with Gasteiger partial charge in [0, 0.05) is 18.0 Å². The van der Waals surface area contributed by atoms with Crippen LogP contribution in [-0.4, -0.2) is 16.0 Å². The van der Waals surface area contributed by atoms with E-state index in [1.807, 2.05) is 30.3 Å². The third kappa shape index (κ3) is 3.61. The predicted octanol–water partition coefficient (Wildman–Crippen LogP) is 3.13. The van der Waals surface area contributed by atoms with Gasteiger partial charge >= 0.3 is 0 Å². The minimum atomic E-state index is -0.527. The highest BCUT2D eigenvalue weighted by atomic mass is 16.5. The van der Waals surface area contributed by atoms with Gasteiger partial charge in [-0.05, 0) is 36.4 Å². The molecule has 120 valence electrons. The Bertz CT molecular complexity index is 902. The summed E-state index contributed by atoms with van der Waals surface area (Å²) in [6.45, 7) is 0. The molecule has 3 aromatic rings. The largest absolute Gasteiger partial charge is 0.507 e. The third-order valence-corrected chi connectivity index (χ3v) is 3.24. The molecule has 0 atom stereocenters. The van der Waals surface area contributed by atoms with Gasteiger partial charge in [-0.3, -0.25) is 9.59 Å². The first-order valence-corrected chi connectivity index (χ1v) is 7.18. The number of nitrogens with one attached hydrogen (secondary N) is 2. The van der Waals surface area contributed by atoms with Crippen molar-refractivity contribution in [3.63, 3.8) is 0 Å². The average Bonchev–Trinajstić information content (AvgIpc) is 2.57. The molecule has 0 fully saturated rings. The summed E-state index contributed by atoms with van der Waals surface area (Å²) < 4.78 is 5.66. The molecule has 24 heavy (non-hydrogen) atoms. The summed E-state index contributed by atoms with van der Waals surface area (Å²) in [6.07, 6.45) is 1.17. The molecule has 1 amide bonds. The minimum absolute atomic E-state index is 0.0146. The quantitative estimate of drug-likeness (QED) is 0.688. The zero-order valence-electron chi connectivity index (χ0n) is 12.5. The second-order valence-corrected chi connectivity index (χ2v) is 4.99. The van der Waals surface area contributed by atoms with E-state index < -0.39 is 11.5 Å². The number of carbonyl (C=O) groups is 1. The summed E-state index contributed by atoms with van der Waals surface area (Å²) in [4.78, 5) is 25.5. The molecule has 0 aliphatic carbocycles. The summed E-state index contributed by atoms with van der Waals surface area (Å²) in [5, 5.41) is 12.3. The number of hydrogen-bond donors (Lipinski definition) is 3. The van der Waals surface area contributed by atoms with Crippen molar-refractivity contribution in [3.05, 3.63) is 82.8 Å². The fraction of sp³-hybridized carbons (Fsp3) is 0. The summed E-state index contributed by atoms with van der Waals surface area (Å²) >= 11 is 0. The fourth-order valence-corrected chi connectivity index (χ4v) is 2.07. The number of aromatic hydroxyl groups is 1. The third-order valence-electron chi connectivity index (χ3n) is 3.24. The van der Waals surface area contributed by atoms with Crippen molar-refractivity contribution in [2.45, 2.75) is 0 Å². The van der Waals surface area contributed by atoms with Crippen LogP contribution in [0.2, 0.25) is 0 Å². The molecular weight excluding hydrogens is 308 g/mol. The first kappa shape index (κ1) is 15.4. The van der Waals surface area contributed by atoms with Gasteiger partial charge in [0.1, 0.15) is 17.2 Å². The van der Waals surface area contributed by atoms with Crippen molar-refractivity contribution in [2.75, 3.05) is 5.32 Å². The van der Waals surface area contributed by atoms with E-state index >= 15 is 0 Å². The SMILES string of the molecule is O=C(Nc1ccc(Oc2ccccc2)cc1)c1c[nH]c(=O)cc1O. The van der Waals surface area contributed by atoms with E-state index in [0.29, 0.717) is 17.2 Å². The molecular formula is C18H14N2O4. The number of pyridine rings is 1. The van der Waals surface area contributed by atoms with Crippen LogP contribution >= 0.6 is 0 Å². The number of amides is 1. The zero-order valence-corrected chi connectivity index (χ0v) is 12.5. The number of aromatic nitrogens is 1. The van der Waals surface area contributed by atoms with E-state index in [0.717, 1.165) is 6.07 Å². The van der Waals surface area contributed by atoms with E-state index in [1.165, 1.54) is 6.20 Å². The highest BCUT2D eigenvalue weighted by Gasteiger charge is 2.12. The Balaban J connectivity index is 1.69. The van der Waals surface area contributed by atoms with Gasteiger partial charge in [-0.25, -0.2) is 0 Å². The summed E-state index contributed by atoms with van der Waals surface area (Å²) in [5.74, 6) is 0.444. The average molecular weight is 322 g/mol. The lowest BCUT2D eigenvalue weighted by molar-refractivity contribution is 0.102. The lowest BCUT2D eigenvalue weighted by Crippen LogP contribution is -2.15. The highest BCUT2D eigenvalue weighted by molar-refractivity contribution is 6.05. The molecule has 3 rings (SSSR count). The molecule has 1 aromatic heterocycles. The Labute approximate surface area is 137 Å². The molecule has 0 aliphatic rings. The van der Waals surface area contributed by atoms with Gasteiger partial charge in [0.05, 0.1) is 5.56 Å². The molecule has 2 aromatic carbocycles. The number of benzene rings is 2. The number of rotatable bonds is 4. The molecule has 6 nitrogen and oxygen atoms in total. The minimum Gasteiger partial charge on any atom is -0.507 e. The van der Waals surface area contributed by atoms with Crippen LogP contribution in [0, 0.1) is 0 Å². The van der Waals surface area contributed by atoms with E-state index in [-0.39, 0.29) is 11.3 Å². The van der Waals surface area contributed by atoms with Gasteiger partial charge in [-0.2, -0.15) is 0 Å². The van der Waals surface area contributed by atoms with Crippen molar-refractivity contribution in [2.24, 2.45) is 0 Å². The zero-order chi connectivity index (χ0) is 16.9. The number of carbonyl (C=O) groups excluding carboxylic acids is 1. The maximum absolute atomic E-state index is 12.1. The molecule has 3 N–H and O–H groups in total. The van der Waals surface area contributed by atoms with Crippen molar-refractivity contribution in [1.29, 1.82) is 0 Å². The van der Waals surface area contributed by atoms with Gasteiger partial charge < -0.3 is 20.1 Å². The van der Waals surface area contributed by atoms with Gasteiger partial charge in [-0.1, -0.05) is 18.2 Å². The van der Waals surface area contributed by atoms with Crippen LogP contribution in [0.15, 0.2) is 71.7 Å². The Morgan fingerprint density at radius 2 is 1.67 bits per heavy atom. The lowest BCUT2D eigenvalue weighted by atomic mass is 10.2. The Hall–Kier alpha value is -3.54.